The summed E-state index contributed by atoms with van der Waals surface area (Å²) in [6.07, 6.45) is 3.09. The van der Waals surface area contributed by atoms with Crippen LogP contribution in [0.2, 0.25) is 0 Å². The number of likely N-dealkylation sites (N-methyl/N-ethyl adjacent to an activating group) is 1. The van der Waals surface area contributed by atoms with Gasteiger partial charge in [-0.2, -0.15) is 0 Å². The van der Waals surface area contributed by atoms with E-state index < -0.39 is 9.84 Å². The van der Waals surface area contributed by atoms with Gasteiger partial charge in [0.2, 0.25) is 0 Å². The van der Waals surface area contributed by atoms with Gasteiger partial charge in [0.15, 0.2) is 0 Å². The van der Waals surface area contributed by atoms with E-state index in [4.69, 9.17) is 10.5 Å². The molecule has 0 aromatic heterocycles. The second-order valence-electron chi connectivity index (χ2n) is 4.29. The Morgan fingerprint density at radius 2 is 2.06 bits per heavy atom. The summed E-state index contributed by atoms with van der Waals surface area (Å²) in [5.41, 5.74) is 5.91. The van der Waals surface area contributed by atoms with Gasteiger partial charge in [-0.1, -0.05) is 0 Å². The van der Waals surface area contributed by atoms with Crippen LogP contribution in [0.15, 0.2) is 0 Å². The predicted octanol–water partition coefficient (Wildman–Crippen LogP) is -0.283. The van der Waals surface area contributed by atoms with E-state index in [1.165, 1.54) is 6.26 Å². The molecule has 0 fully saturated rings. The fourth-order valence-electron chi connectivity index (χ4n) is 1.39. The van der Waals surface area contributed by atoms with Crippen molar-refractivity contribution in [1.82, 2.24) is 4.90 Å². The van der Waals surface area contributed by atoms with Crippen molar-refractivity contribution >= 4 is 9.84 Å². The summed E-state index contributed by atoms with van der Waals surface area (Å²) in [6.45, 7) is 1.98. The summed E-state index contributed by atoms with van der Waals surface area (Å²) < 4.78 is 26.9. The molecule has 16 heavy (non-hydrogen) atoms. The van der Waals surface area contributed by atoms with E-state index in [2.05, 4.69) is 0 Å². The van der Waals surface area contributed by atoms with Gasteiger partial charge in [-0.25, -0.2) is 8.42 Å². The molecule has 1 atom stereocenters. The lowest BCUT2D eigenvalue weighted by molar-refractivity contribution is 0.187. The van der Waals surface area contributed by atoms with E-state index >= 15 is 0 Å². The van der Waals surface area contributed by atoms with Crippen LogP contribution in [-0.4, -0.2) is 65.2 Å². The first-order valence-corrected chi connectivity index (χ1v) is 7.52. The highest BCUT2D eigenvalue weighted by Crippen LogP contribution is 1.97. The average Bonchev–Trinajstić information content (AvgIpc) is 2.14. The molecular weight excluding hydrogens is 228 g/mol. The van der Waals surface area contributed by atoms with Gasteiger partial charge >= 0.3 is 0 Å². The molecule has 0 amide bonds. The topological polar surface area (TPSA) is 72.6 Å². The van der Waals surface area contributed by atoms with E-state index in [1.54, 1.807) is 7.11 Å². The smallest absolute Gasteiger partial charge is 0.148 e. The van der Waals surface area contributed by atoms with Crippen LogP contribution in [0.25, 0.3) is 0 Å². The molecule has 0 rings (SSSR count). The number of nitrogens with zero attached hydrogens (tertiary/aromatic N) is 1. The van der Waals surface area contributed by atoms with Gasteiger partial charge in [0.1, 0.15) is 9.84 Å². The zero-order chi connectivity index (χ0) is 12.6. The van der Waals surface area contributed by atoms with E-state index in [-0.39, 0.29) is 11.8 Å². The number of hydrogen-bond acceptors (Lipinski definition) is 5. The molecule has 0 bridgehead atoms. The fourth-order valence-corrected chi connectivity index (χ4v) is 2.04. The number of sulfone groups is 1. The maximum absolute atomic E-state index is 11.0. The zero-order valence-electron chi connectivity index (χ0n) is 10.5. The SMILES string of the molecule is COCCCC(N)CN(C)CCS(C)(=O)=O. The van der Waals surface area contributed by atoms with Crippen LogP contribution in [0.3, 0.4) is 0 Å². The molecule has 6 heteroatoms. The van der Waals surface area contributed by atoms with Crippen LogP contribution in [0.5, 0.6) is 0 Å². The van der Waals surface area contributed by atoms with Gasteiger partial charge in [-0.3, -0.25) is 0 Å². The Morgan fingerprint density at radius 3 is 2.56 bits per heavy atom. The molecule has 0 aromatic carbocycles. The molecular formula is C10H24N2O3S. The third-order valence-electron chi connectivity index (χ3n) is 2.31. The van der Waals surface area contributed by atoms with Gasteiger partial charge in [-0.15, -0.1) is 0 Å². The second kappa shape index (κ2) is 8.00. The molecule has 0 aromatic rings. The van der Waals surface area contributed by atoms with Gasteiger partial charge < -0.3 is 15.4 Å². The average molecular weight is 252 g/mol. The van der Waals surface area contributed by atoms with Crippen LogP contribution >= 0.6 is 0 Å². The molecule has 0 aliphatic carbocycles. The molecule has 0 radical (unpaired) electrons. The molecule has 0 heterocycles. The number of nitrogens with two attached hydrogens (primary N) is 1. The van der Waals surface area contributed by atoms with Crippen molar-refractivity contribution in [1.29, 1.82) is 0 Å². The highest BCUT2D eigenvalue weighted by molar-refractivity contribution is 7.90. The van der Waals surface area contributed by atoms with E-state index in [1.807, 2.05) is 11.9 Å². The number of hydrogen-bond donors (Lipinski definition) is 1. The summed E-state index contributed by atoms with van der Waals surface area (Å²) in [6, 6.07) is 0.0831. The monoisotopic (exact) mass is 252 g/mol. The fraction of sp³-hybridized carbons (Fsp3) is 1.00. The molecule has 0 aliphatic heterocycles. The van der Waals surface area contributed by atoms with Gasteiger partial charge in [0.05, 0.1) is 5.75 Å². The molecule has 2 N–H and O–H groups in total. The van der Waals surface area contributed by atoms with E-state index in [9.17, 15) is 8.42 Å². The summed E-state index contributed by atoms with van der Waals surface area (Å²) in [4.78, 5) is 1.96. The highest BCUT2D eigenvalue weighted by Gasteiger charge is 2.09. The molecule has 98 valence electrons. The summed E-state index contributed by atoms with van der Waals surface area (Å²) >= 11 is 0. The van der Waals surface area contributed by atoms with Crippen molar-refractivity contribution in [2.75, 3.05) is 45.9 Å². The summed E-state index contributed by atoms with van der Waals surface area (Å²) in [5, 5.41) is 0. The van der Waals surface area contributed by atoms with Crippen molar-refractivity contribution in [2.24, 2.45) is 5.73 Å². The lowest BCUT2D eigenvalue weighted by Gasteiger charge is -2.20. The Hall–Kier alpha value is -0.170. The first kappa shape index (κ1) is 15.8. The Kier molecular flexibility index (Phi) is 7.91. The minimum Gasteiger partial charge on any atom is -0.385 e. The minimum atomic E-state index is -2.88. The van der Waals surface area contributed by atoms with Crippen molar-refractivity contribution < 1.29 is 13.2 Å². The Bertz CT molecular complexity index is 267. The van der Waals surface area contributed by atoms with Crippen molar-refractivity contribution in [3.8, 4) is 0 Å². The molecule has 5 nitrogen and oxygen atoms in total. The molecule has 0 saturated heterocycles. The van der Waals surface area contributed by atoms with Crippen LogP contribution in [0.4, 0.5) is 0 Å². The van der Waals surface area contributed by atoms with Gasteiger partial charge in [0.25, 0.3) is 0 Å². The predicted molar refractivity (Wildman–Crippen MR) is 66.3 cm³/mol. The lowest BCUT2D eigenvalue weighted by atomic mass is 10.1. The quantitative estimate of drug-likeness (QED) is 0.571. The number of methoxy groups -OCH3 is 1. The number of rotatable bonds is 9. The third-order valence-corrected chi connectivity index (χ3v) is 3.24. The summed E-state index contributed by atoms with van der Waals surface area (Å²) in [5.74, 6) is 0.189. The molecule has 0 spiro atoms. The first-order chi connectivity index (χ1) is 7.35. The number of ether oxygens (including phenoxy) is 1. The Morgan fingerprint density at radius 1 is 1.44 bits per heavy atom. The second-order valence-corrected chi connectivity index (χ2v) is 6.55. The minimum absolute atomic E-state index is 0.0831. The largest absolute Gasteiger partial charge is 0.385 e. The molecule has 0 saturated carbocycles. The third kappa shape index (κ3) is 10.4. The summed E-state index contributed by atoms with van der Waals surface area (Å²) in [7, 11) is 0.682. The lowest BCUT2D eigenvalue weighted by Crippen LogP contribution is -2.37. The zero-order valence-corrected chi connectivity index (χ0v) is 11.3. The van der Waals surface area contributed by atoms with Crippen LogP contribution in [0, 0.1) is 0 Å². The van der Waals surface area contributed by atoms with Crippen molar-refractivity contribution in [3.63, 3.8) is 0 Å². The van der Waals surface area contributed by atoms with Crippen molar-refractivity contribution in [2.45, 2.75) is 18.9 Å². The van der Waals surface area contributed by atoms with Crippen molar-refractivity contribution in [3.05, 3.63) is 0 Å². The van der Waals surface area contributed by atoms with E-state index in [0.29, 0.717) is 6.54 Å². The van der Waals surface area contributed by atoms with Crippen LogP contribution < -0.4 is 5.73 Å². The first-order valence-electron chi connectivity index (χ1n) is 5.46. The van der Waals surface area contributed by atoms with E-state index in [0.717, 1.165) is 26.0 Å². The van der Waals surface area contributed by atoms with Gasteiger partial charge in [0, 0.05) is 39.1 Å². The standard InChI is InChI=1S/C10H24N2O3S/c1-12(6-8-16(3,13)14)9-10(11)5-4-7-15-2/h10H,4-9,11H2,1-3H3. The Labute approximate surface area is 98.9 Å². The maximum atomic E-state index is 11.0. The molecule has 1 unspecified atom stereocenters. The molecule has 0 aliphatic rings. The van der Waals surface area contributed by atoms with Crippen LogP contribution in [0.1, 0.15) is 12.8 Å². The Balaban J connectivity index is 3.65. The van der Waals surface area contributed by atoms with Crippen LogP contribution in [-0.2, 0) is 14.6 Å². The highest BCUT2D eigenvalue weighted by atomic mass is 32.2. The van der Waals surface area contributed by atoms with Gasteiger partial charge in [-0.05, 0) is 19.9 Å². The maximum Gasteiger partial charge on any atom is 0.148 e. The normalized spacial score (nSPS) is 14.3.